The van der Waals surface area contributed by atoms with E-state index in [1.165, 1.54) is 29.6 Å². The number of rotatable bonds is 5. The van der Waals surface area contributed by atoms with Crippen LogP contribution in [0.1, 0.15) is 25.7 Å². The molecule has 2 N–H and O–H groups in total. The number of hydrogen-bond donors (Lipinski definition) is 2. The molecule has 132 valence electrons. The third-order valence-corrected chi connectivity index (χ3v) is 11.0. The summed E-state index contributed by atoms with van der Waals surface area (Å²) in [6.07, 6.45) is 4.88. The summed E-state index contributed by atoms with van der Waals surface area (Å²) < 4.78 is 0. The van der Waals surface area contributed by atoms with Gasteiger partial charge in [0.15, 0.2) is 0 Å². The summed E-state index contributed by atoms with van der Waals surface area (Å²) in [4.78, 5) is 0. The summed E-state index contributed by atoms with van der Waals surface area (Å²) in [5, 5.41) is 17.7. The van der Waals surface area contributed by atoms with Gasteiger partial charge < -0.3 is 10.4 Å². The third-order valence-electron chi connectivity index (χ3n) is 6.55. The molecule has 1 unspecified atom stereocenters. The Labute approximate surface area is 152 Å². The van der Waals surface area contributed by atoms with E-state index >= 15 is 0 Å². The van der Waals surface area contributed by atoms with Crippen LogP contribution < -0.4 is 15.7 Å². The minimum atomic E-state index is -1.96. The van der Waals surface area contributed by atoms with Crippen molar-refractivity contribution in [2.24, 2.45) is 5.92 Å². The van der Waals surface area contributed by atoms with Crippen molar-refractivity contribution in [1.82, 2.24) is 5.32 Å². The highest BCUT2D eigenvalue weighted by Gasteiger charge is 2.42. The summed E-state index contributed by atoms with van der Waals surface area (Å²) >= 11 is 0. The summed E-state index contributed by atoms with van der Waals surface area (Å²) in [5.74, 6) is 0.793. The average Bonchev–Trinajstić information content (AvgIpc) is 3.25. The van der Waals surface area contributed by atoms with E-state index in [0.717, 1.165) is 18.4 Å². The van der Waals surface area contributed by atoms with Crippen molar-refractivity contribution in [1.29, 1.82) is 0 Å². The van der Waals surface area contributed by atoms with E-state index in [2.05, 4.69) is 72.5 Å². The molecule has 2 aromatic carbocycles. The maximum Gasteiger partial charge on any atom is 0.117 e. The Kier molecular flexibility index (Phi) is 4.81. The van der Waals surface area contributed by atoms with E-state index in [9.17, 15) is 5.11 Å². The Balaban J connectivity index is 1.59. The van der Waals surface area contributed by atoms with Crippen LogP contribution in [0.4, 0.5) is 0 Å². The highest BCUT2D eigenvalue weighted by atomic mass is 28.3. The second-order valence-corrected chi connectivity index (χ2v) is 12.4. The molecule has 4 atom stereocenters. The lowest BCUT2D eigenvalue weighted by Crippen LogP contribution is -2.59. The number of aliphatic hydroxyl groups is 1. The summed E-state index contributed by atoms with van der Waals surface area (Å²) in [7, 11) is -1.96. The molecule has 0 aromatic heterocycles. The maximum atomic E-state index is 11.1. The van der Waals surface area contributed by atoms with Crippen molar-refractivity contribution >= 4 is 18.4 Å². The van der Waals surface area contributed by atoms with E-state index in [1.807, 2.05) is 0 Å². The van der Waals surface area contributed by atoms with Gasteiger partial charge in [-0.2, -0.15) is 0 Å². The summed E-state index contributed by atoms with van der Waals surface area (Å²) in [6.45, 7) is 2.41. The zero-order chi connectivity index (χ0) is 17.3. The fourth-order valence-electron chi connectivity index (χ4n) is 5.05. The molecule has 4 rings (SSSR count). The molecular formula is C22H29NOSi. The van der Waals surface area contributed by atoms with E-state index in [1.54, 1.807) is 0 Å². The lowest BCUT2D eigenvalue weighted by Gasteiger charge is -2.33. The second kappa shape index (κ2) is 7.06. The van der Waals surface area contributed by atoms with Crippen LogP contribution in [0.25, 0.3) is 0 Å². The zero-order valence-electron chi connectivity index (χ0n) is 15.1. The monoisotopic (exact) mass is 351 g/mol. The molecular weight excluding hydrogens is 322 g/mol. The van der Waals surface area contributed by atoms with E-state index in [-0.39, 0.29) is 12.1 Å². The van der Waals surface area contributed by atoms with Gasteiger partial charge >= 0.3 is 0 Å². The van der Waals surface area contributed by atoms with Crippen LogP contribution in [0.5, 0.6) is 0 Å². The van der Waals surface area contributed by atoms with Crippen LogP contribution in [-0.4, -0.2) is 31.4 Å². The molecule has 2 aliphatic rings. The van der Waals surface area contributed by atoms with Gasteiger partial charge in [0, 0.05) is 12.1 Å². The van der Waals surface area contributed by atoms with Crippen LogP contribution >= 0.6 is 0 Å². The van der Waals surface area contributed by atoms with Crippen molar-refractivity contribution in [3.05, 3.63) is 60.7 Å². The van der Waals surface area contributed by atoms with Crippen molar-refractivity contribution < 1.29 is 5.11 Å². The van der Waals surface area contributed by atoms with Crippen molar-refractivity contribution in [3.8, 4) is 0 Å². The molecule has 1 aliphatic heterocycles. The Bertz CT molecular complexity index is 638. The van der Waals surface area contributed by atoms with Gasteiger partial charge in [-0.1, -0.05) is 84.0 Å². The van der Waals surface area contributed by atoms with Crippen LogP contribution in [0, 0.1) is 5.92 Å². The van der Waals surface area contributed by atoms with Crippen LogP contribution in [-0.2, 0) is 0 Å². The highest BCUT2D eigenvalue weighted by molar-refractivity contribution is 7.01. The van der Waals surface area contributed by atoms with Gasteiger partial charge in [-0.25, -0.2) is 0 Å². The largest absolute Gasteiger partial charge is 0.392 e. The average molecular weight is 352 g/mol. The number of aliphatic hydroxyl groups excluding tert-OH is 1. The second-order valence-electron chi connectivity index (χ2n) is 8.14. The van der Waals surface area contributed by atoms with Crippen molar-refractivity contribution in [2.45, 2.75) is 56.5 Å². The molecule has 1 saturated carbocycles. The summed E-state index contributed by atoms with van der Waals surface area (Å²) in [5.41, 5.74) is 0. The minimum Gasteiger partial charge on any atom is -0.392 e. The first-order chi connectivity index (χ1) is 12.2. The van der Waals surface area contributed by atoms with Crippen LogP contribution in [0.15, 0.2) is 60.7 Å². The molecule has 0 bridgehead atoms. The van der Waals surface area contributed by atoms with Gasteiger partial charge in [-0.3, -0.25) is 0 Å². The molecule has 0 spiro atoms. The van der Waals surface area contributed by atoms with Gasteiger partial charge in [-0.05, 0) is 31.2 Å². The molecule has 0 amide bonds. The fraction of sp³-hybridized carbons (Fsp3) is 0.455. The molecule has 2 nitrogen and oxygen atoms in total. The smallest absolute Gasteiger partial charge is 0.117 e. The molecule has 1 aliphatic carbocycles. The first kappa shape index (κ1) is 17.0. The normalized spacial score (nSPS) is 27.2. The fourth-order valence-corrected chi connectivity index (χ4v) is 8.83. The Morgan fingerprint density at radius 1 is 1.00 bits per heavy atom. The van der Waals surface area contributed by atoms with Gasteiger partial charge in [0.1, 0.15) is 8.07 Å². The number of benzene rings is 2. The predicted octanol–water partition coefficient (Wildman–Crippen LogP) is 2.77. The number of hydrogen-bond acceptors (Lipinski definition) is 2. The maximum absolute atomic E-state index is 11.1. The molecule has 25 heavy (non-hydrogen) atoms. The quantitative estimate of drug-likeness (QED) is 0.812. The zero-order valence-corrected chi connectivity index (χ0v) is 16.1. The van der Waals surface area contributed by atoms with E-state index in [4.69, 9.17) is 0 Å². The lowest BCUT2D eigenvalue weighted by atomic mass is 10.00. The molecule has 3 heteroatoms. The summed E-state index contributed by atoms with van der Waals surface area (Å²) in [6, 6.07) is 23.5. The van der Waals surface area contributed by atoms with Gasteiger partial charge in [0.25, 0.3) is 0 Å². The van der Waals surface area contributed by atoms with Crippen molar-refractivity contribution in [2.75, 3.05) is 0 Å². The highest BCUT2D eigenvalue weighted by Crippen LogP contribution is 2.36. The SMILES string of the molecule is C[Si](CC(O)[C@@H]1C[C@@H]2CCC[C@@H]2N1)(c1ccccc1)c1ccccc1. The lowest BCUT2D eigenvalue weighted by molar-refractivity contribution is 0.149. The van der Waals surface area contributed by atoms with Gasteiger partial charge in [-0.15, -0.1) is 0 Å². The van der Waals surface area contributed by atoms with Crippen LogP contribution in [0.2, 0.25) is 12.6 Å². The Morgan fingerprint density at radius 3 is 2.16 bits per heavy atom. The number of fused-ring (bicyclic) bond motifs is 1. The molecule has 2 fully saturated rings. The van der Waals surface area contributed by atoms with E-state index in [0.29, 0.717) is 6.04 Å². The molecule has 1 heterocycles. The van der Waals surface area contributed by atoms with Crippen LogP contribution in [0.3, 0.4) is 0 Å². The van der Waals surface area contributed by atoms with Gasteiger partial charge in [0.05, 0.1) is 6.10 Å². The first-order valence-corrected chi connectivity index (χ1v) is 12.4. The topological polar surface area (TPSA) is 32.3 Å². The van der Waals surface area contributed by atoms with E-state index < -0.39 is 8.07 Å². The Morgan fingerprint density at radius 2 is 1.60 bits per heavy atom. The van der Waals surface area contributed by atoms with Gasteiger partial charge in [0.2, 0.25) is 0 Å². The first-order valence-electron chi connectivity index (χ1n) is 9.72. The molecule has 2 aromatic rings. The molecule has 1 saturated heterocycles. The van der Waals surface area contributed by atoms with Crippen molar-refractivity contribution in [3.63, 3.8) is 0 Å². The minimum absolute atomic E-state index is 0.261. The predicted molar refractivity (Wildman–Crippen MR) is 107 cm³/mol. The standard InChI is InChI=1S/C22H29NOSi/c1-25(18-10-4-2-5-11-18,19-12-6-3-7-13-19)16-22(24)21-15-17-9-8-14-20(17)23-21/h2-7,10-13,17,20-24H,8-9,14-16H2,1H3/t17-,20-,21-,22?/m0/s1. The molecule has 0 radical (unpaired) electrons. The number of nitrogens with one attached hydrogen (secondary N) is 1. The third kappa shape index (κ3) is 3.33. The Hall–Kier alpha value is -1.42.